The van der Waals surface area contributed by atoms with Crippen LogP contribution in [0.2, 0.25) is 0 Å². The van der Waals surface area contributed by atoms with E-state index in [4.69, 9.17) is 0 Å². The fourth-order valence-corrected chi connectivity index (χ4v) is 3.55. The Hall–Kier alpha value is -3.02. The summed E-state index contributed by atoms with van der Waals surface area (Å²) in [6.07, 6.45) is 0.539. The van der Waals surface area contributed by atoms with Crippen LogP contribution in [0.1, 0.15) is 49.4 Å². The smallest absolute Gasteiger partial charge is 0.261 e. The van der Waals surface area contributed by atoms with Gasteiger partial charge in [0.15, 0.2) is 0 Å². The standard InChI is InChI=1S/C22H24FN3O2/c1-5-19(20-24-18-13-9-7-11-16(18)21(27)25(20)4)26(14(2)3)22(28)15-10-6-8-12-17(15)23/h6-14,19H,5H2,1-4H3. The summed E-state index contributed by atoms with van der Waals surface area (Å²) in [5, 5.41) is 0.528. The molecule has 0 aliphatic carbocycles. The molecule has 3 rings (SSSR count). The minimum atomic E-state index is -0.562. The summed E-state index contributed by atoms with van der Waals surface area (Å²) in [4.78, 5) is 32.3. The zero-order valence-electron chi connectivity index (χ0n) is 16.5. The normalized spacial score (nSPS) is 12.4. The van der Waals surface area contributed by atoms with Crippen molar-refractivity contribution in [1.82, 2.24) is 14.5 Å². The Morgan fingerprint density at radius 2 is 1.79 bits per heavy atom. The molecule has 0 aliphatic rings. The lowest BCUT2D eigenvalue weighted by Crippen LogP contribution is -2.42. The molecule has 0 radical (unpaired) electrons. The van der Waals surface area contributed by atoms with Crippen LogP contribution >= 0.6 is 0 Å². The van der Waals surface area contributed by atoms with E-state index in [1.54, 1.807) is 42.3 Å². The van der Waals surface area contributed by atoms with E-state index in [2.05, 4.69) is 4.98 Å². The van der Waals surface area contributed by atoms with Crippen molar-refractivity contribution in [1.29, 1.82) is 0 Å². The first kappa shape index (κ1) is 19.7. The highest BCUT2D eigenvalue weighted by atomic mass is 19.1. The molecule has 3 aromatic rings. The fraction of sp³-hybridized carbons (Fsp3) is 0.318. The molecule has 1 aromatic heterocycles. The van der Waals surface area contributed by atoms with E-state index in [1.807, 2.05) is 26.8 Å². The third-order valence-corrected chi connectivity index (χ3v) is 4.93. The van der Waals surface area contributed by atoms with Crippen LogP contribution in [0.25, 0.3) is 10.9 Å². The molecule has 2 aromatic carbocycles. The predicted octanol–water partition coefficient (Wildman–Crippen LogP) is 4.07. The monoisotopic (exact) mass is 381 g/mol. The van der Waals surface area contributed by atoms with Gasteiger partial charge in [-0.25, -0.2) is 9.37 Å². The Morgan fingerprint density at radius 3 is 2.43 bits per heavy atom. The molecular formula is C22H24FN3O2. The molecule has 1 unspecified atom stereocenters. The molecule has 0 N–H and O–H groups in total. The van der Waals surface area contributed by atoms with Crippen LogP contribution in [0, 0.1) is 5.82 Å². The van der Waals surface area contributed by atoms with Gasteiger partial charge in [0.1, 0.15) is 11.6 Å². The fourth-order valence-electron chi connectivity index (χ4n) is 3.55. The van der Waals surface area contributed by atoms with E-state index < -0.39 is 17.8 Å². The highest BCUT2D eigenvalue weighted by molar-refractivity contribution is 5.95. The van der Waals surface area contributed by atoms with Gasteiger partial charge in [0.05, 0.1) is 22.5 Å². The van der Waals surface area contributed by atoms with Crippen molar-refractivity contribution in [2.75, 3.05) is 0 Å². The molecule has 0 spiro atoms. The van der Waals surface area contributed by atoms with E-state index in [-0.39, 0.29) is 17.2 Å². The van der Waals surface area contributed by atoms with Crippen LogP contribution in [0.5, 0.6) is 0 Å². The van der Waals surface area contributed by atoms with Gasteiger partial charge in [0, 0.05) is 13.1 Å². The van der Waals surface area contributed by atoms with Crippen molar-refractivity contribution in [2.45, 2.75) is 39.3 Å². The third-order valence-electron chi connectivity index (χ3n) is 4.93. The highest BCUT2D eigenvalue weighted by Gasteiger charge is 2.31. The van der Waals surface area contributed by atoms with Crippen molar-refractivity contribution in [2.24, 2.45) is 7.05 Å². The quantitative estimate of drug-likeness (QED) is 0.669. The Labute approximate surface area is 163 Å². The minimum absolute atomic E-state index is 0.0143. The molecule has 28 heavy (non-hydrogen) atoms. The van der Waals surface area contributed by atoms with Crippen LogP contribution in [0.3, 0.4) is 0 Å². The predicted molar refractivity (Wildman–Crippen MR) is 108 cm³/mol. The first-order valence-electron chi connectivity index (χ1n) is 9.39. The number of carbonyl (C=O) groups is 1. The Bertz CT molecular complexity index is 1070. The summed E-state index contributed by atoms with van der Waals surface area (Å²) in [6, 6.07) is 12.4. The molecule has 146 valence electrons. The highest BCUT2D eigenvalue weighted by Crippen LogP contribution is 2.28. The molecule has 6 heteroatoms. The average Bonchev–Trinajstić information content (AvgIpc) is 2.68. The number of hydrogen-bond acceptors (Lipinski definition) is 3. The van der Waals surface area contributed by atoms with Crippen molar-refractivity contribution in [3.8, 4) is 0 Å². The summed E-state index contributed by atoms with van der Waals surface area (Å²) >= 11 is 0. The SMILES string of the molecule is CCC(c1nc2ccccc2c(=O)n1C)N(C(=O)c1ccccc1F)C(C)C. The van der Waals surface area contributed by atoms with Gasteiger partial charge in [-0.2, -0.15) is 0 Å². The lowest BCUT2D eigenvalue weighted by molar-refractivity contribution is 0.0579. The second-order valence-corrected chi connectivity index (χ2v) is 7.06. The van der Waals surface area contributed by atoms with Gasteiger partial charge in [-0.3, -0.25) is 14.2 Å². The van der Waals surface area contributed by atoms with Gasteiger partial charge in [-0.15, -0.1) is 0 Å². The summed E-state index contributed by atoms with van der Waals surface area (Å²) in [5.74, 6) is -0.486. The number of aromatic nitrogens is 2. The largest absolute Gasteiger partial charge is 0.326 e. The Balaban J connectivity index is 2.16. The number of carbonyl (C=O) groups excluding carboxylic acids is 1. The van der Waals surface area contributed by atoms with Crippen LogP contribution in [0.4, 0.5) is 4.39 Å². The van der Waals surface area contributed by atoms with Crippen molar-refractivity contribution >= 4 is 16.8 Å². The molecule has 0 fully saturated rings. The number of hydrogen-bond donors (Lipinski definition) is 0. The molecule has 0 aliphatic heterocycles. The number of amides is 1. The van der Waals surface area contributed by atoms with E-state index in [0.29, 0.717) is 23.1 Å². The van der Waals surface area contributed by atoms with Crippen LogP contribution in [-0.2, 0) is 7.05 Å². The van der Waals surface area contributed by atoms with Gasteiger partial charge >= 0.3 is 0 Å². The molecular weight excluding hydrogens is 357 g/mol. The van der Waals surface area contributed by atoms with Gasteiger partial charge in [-0.05, 0) is 44.5 Å². The first-order chi connectivity index (χ1) is 13.4. The number of para-hydroxylation sites is 1. The zero-order valence-corrected chi connectivity index (χ0v) is 16.5. The maximum absolute atomic E-state index is 14.3. The number of nitrogens with zero attached hydrogens (tertiary/aromatic N) is 3. The third kappa shape index (κ3) is 3.42. The number of benzene rings is 2. The molecule has 0 bridgehead atoms. The van der Waals surface area contributed by atoms with Gasteiger partial charge in [0.25, 0.3) is 11.5 Å². The van der Waals surface area contributed by atoms with Gasteiger partial charge < -0.3 is 4.90 Å². The second kappa shape index (κ2) is 7.92. The van der Waals surface area contributed by atoms with Crippen LogP contribution < -0.4 is 5.56 Å². The summed E-state index contributed by atoms with van der Waals surface area (Å²) in [5.41, 5.74) is 0.433. The van der Waals surface area contributed by atoms with E-state index in [9.17, 15) is 14.0 Å². The molecule has 0 saturated heterocycles. The van der Waals surface area contributed by atoms with Crippen molar-refractivity contribution < 1.29 is 9.18 Å². The number of fused-ring (bicyclic) bond motifs is 1. The maximum atomic E-state index is 14.3. The van der Waals surface area contributed by atoms with Crippen molar-refractivity contribution in [3.63, 3.8) is 0 Å². The number of rotatable bonds is 5. The summed E-state index contributed by atoms with van der Waals surface area (Å²) in [7, 11) is 1.66. The van der Waals surface area contributed by atoms with Crippen molar-refractivity contribution in [3.05, 3.63) is 76.1 Å². The van der Waals surface area contributed by atoms with E-state index in [0.717, 1.165) is 0 Å². The second-order valence-electron chi connectivity index (χ2n) is 7.06. The zero-order chi connectivity index (χ0) is 20.4. The molecule has 1 heterocycles. The average molecular weight is 381 g/mol. The molecule has 1 atom stereocenters. The molecule has 1 amide bonds. The van der Waals surface area contributed by atoms with Gasteiger partial charge in [-0.1, -0.05) is 31.2 Å². The van der Waals surface area contributed by atoms with E-state index in [1.165, 1.54) is 16.7 Å². The number of halogens is 1. The topological polar surface area (TPSA) is 55.2 Å². The van der Waals surface area contributed by atoms with E-state index >= 15 is 0 Å². The van der Waals surface area contributed by atoms with Gasteiger partial charge in [0.2, 0.25) is 0 Å². The van der Waals surface area contributed by atoms with Crippen LogP contribution in [-0.4, -0.2) is 26.4 Å². The Kier molecular flexibility index (Phi) is 5.58. The summed E-state index contributed by atoms with van der Waals surface area (Å²) < 4.78 is 15.8. The maximum Gasteiger partial charge on any atom is 0.261 e. The first-order valence-corrected chi connectivity index (χ1v) is 9.39. The molecule has 0 saturated carbocycles. The Morgan fingerprint density at radius 1 is 1.14 bits per heavy atom. The lowest BCUT2D eigenvalue weighted by Gasteiger charge is -2.35. The summed E-state index contributed by atoms with van der Waals surface area (Å²) in [6.45, 7) is 5.68. The van der Waals surface area contributed by atoms with Crippen LogP contribution in [0.15, 0.2) is 53.3 Å². The molecule has 5 nitrogen and oxygen atoms in total. The minimum Gasteiger partial charge on any atom is -0.326 e. The lowest BCUT2D eigenvalue weighted by atomic mass is 10.1.